The first-order chi connectivity index (χ1) is 13.4. The van der Waals surface area contributed by atoms with Crippen LogP contribution in [-0.4, -0.2) is 21.8 Å². The Labute approximate surface area is 160 Å². The van der Waals surface area contributed by atoms with E-state index in [2.05, 4.69) is 15.3 Å². The van der Waals surface area contributed by atoms with Gasteiger partial charge in [-0.3, -0.25) is 9.59 Å². The van der Waals surface area contributed by atoms with Crippen LogP contribution in [0.1, 0.15) is 37.7 Å². The molecule has 3 aromatic rings. The molecule has 0 aliphatic carbocycles. The molecule has 0 fully saturated rings. The van der Waals surface area contributed by atoms with Crippen molar-refractivity contribution < 1.29 is 14.0 Å². The molecular weight excluding hydrogens is 361 g/mol. The van der Waals surface area contributed by atoms with Crippen molar-refractivity contribution in [3.8, 4) is 0 Å². The van der Waals surface area contributed by atoms with Gasteiger partial charge in [0.1, 0.15) is 5.82 Å². The lowest BCUT2D eigenvalue weighted by atomic mass is 10.1. The molecule has 7 nitrogen and oxygen atoms in total. The standard InChI is InChI=1S/C20H18FN5O2/c21-15-6-2-4-13(8-15)10-25-20(28)14-5-1-3-12(7-14)9-16-11-24-18(22)17(26-16)19(23)27/h1-8,11H,9-10H2,(H2,22,24)(H2,23,27)(H,25,28). The molecule has 2 amide bonds. The van der Waals surface area contributed by atoms with Gasteiger partial charge < -0.3 is 16.8 Å². The number of hydrogen-bond donors (Lipinski definition) is 3. The second-order valence-electron chi connectivity index (χ2n) is 6.15. The third-order valence-electron chi connectivity index (χ3n) is 4.00. The number of nitrogens with zero attached hydrogens (tertiary/aromatic N) is 2. The van der Waals surface area contributed by atoms with Gasteiger partial charge in [-0.05, 0) is 35.4 Å². The number of primary amides is 1. The fourth-order valence-corrected chi connectivity index (χ4v) is 2.66. The van der Waals surface area contributed by atoms with E-state index in [-0.39, 0.29) is 29.8 Å². The summed E-state index contributed by atoms with van der Waals surface area (Å²) in [6.07, 6.45) is 1.80. The minimum absolute atomic E-state index is 0.0262. The SMILES string of the molecule is NC(=O)c1nc(Cc2cccc(C(=O)NCc3cccc(F)c3)c2)cnc1N. The number of aromatic nitrogens is 2. The number of benzene rings is 2. The van der Waals surface area contributed by atoms with E-state index in [1.54, 1.807) is 30.3 Å². The van der Waals surface area contributed by atoms with E-state index < -0.39 is 5.91 Å². The van der Waals surface area contributed by atoms with E-state index in [0.717, 1.165) is 5.56 Å². The lowest BCUT2D eigenvalue weighted by Gasteiger charge is -2.08. The highest BCUT2D eigenvalue weighted by Crippen LogP contribution is 2.13. The minimum Gasteiger partial charge on any atom is -0.382 e. The van der Waals surface area contributed by atoms with Gasteiger partial charge in [0.05, 0.1) is 11.9 Å². The van der Waals surface area contributed by atoms with Crippen molar-refractivity contribution in [3.63, 3.8) is 0 Å². The van der Waals surface area contributed by atoms with E-state index in [9.17, 15) is 14.0 Å². The van der Waals surface area contributed by atoms with E-state index in [1.807, 2.05) is 6.07 Å². The first kappa shape index (κ1) is 19.0. The quantitative estimate of drug-likeness (QED) is 0.603. The number of nitrogens with two attached hydrogens (primary N) is 2. The molecule has 0 bridgehead atoms. The molecule has 0 atom stereocenters. The third kappa shape index (κ3) is 4.67. The summed E-state index contributed by atoms with van der Waals surface area (Å²) < 4.78 is 13.2. The van der Waals surface area contributed by atoms with Gasteiger partial charge in [-0.2, -0.15) is 0 Å². The van der Waals surface area contributed by atoms with Crippen molar-refractivity contribution >= 4 is 17.6 Å². The van der Waals surface area contributed by atoms with E-state index in [4.69, 9.17) is 11.5 Å². The van der Waals surface area contributed by atoms with Gasteiger partial charge in [0.2, 0.25) is 0 Å². The van der Waals surface area contributed by atoms with Crippen molar-refractivity contribution in [3.05, 3.63) is 88.6 Å². The molecule has 0 aliphatic rings. The van der Waals surface area contributed by atoms with Crippen molar-refractivity contribution in [2.75, 3.05) is 5.73 Å². The molecule has 1 heterocycles. The van der Waals surface area contributed by atoms with Crippen LogP contribution in [0, 0.1) is 5.82 Å². The number of hydrogen-bond acceptors (Lipinski definition) is 5. The van der Waals surface area contributed by atoms with Crippen LogP contribution in [0.5, 0.6) is 0 Å². The Hall–Kier alpha value is -3.81. The molecule has 0 saturated heterocycles. The number of amides is 2. The highest BCUT2D eigenvalue weighted by Gasteiger charge is 2.12. The lowest BCUT2D eigenvalue weighted by Crippen LogP contribution is -2.23. The molecule has 2 aromatic carbocycles. The number of carbonyl (C=O) groups excluding carboxylic acids is 2. The van der Waals surface area contributed by atoms with E-state index in [0.29, 0.717) is 23.2 Å². The van der Waals surface area contributed by atoms with Crippen LogP contribution in [0.4, 0.5) is 10.2 Å². The van der Waals surface area contributed by atoms with Gasteiger partial charge in [0.25, 0.3) is 11.8 Å². The fourth-order valence-electron chi connectivity index (χ4n) is 2.66. The number of nitrogen functional groups attached to an aromatic ring is 1. The Balaban J connectivity index is 1.70. The third-order valence-corrected chi connectivity index (χ3v) is 4.00. The predicted octanol–water partition coefficient (Wildman–Crippen LogP) is 1.82. The molecule has 0 aliphatic heterocycles. The van der Waals surface area contributed by atoms with Crippen LogP contribution < -0.4 is 16.8 Å². The Morgan fingerprint density at radius 1 is 1.07 bits per heavy atom. The maximum atomic E-state index is 13.2. The number of nitrogens with one attached hydrogen (secondary N) is 1. The summed E-state index contributed by atoms with van der Waals surface area (Å²) in [6, 6.07) is 13.0. The van der Waals surface area contributed by atoms with Crippen molar-refractivity contribution in [1.29, 1.82) is 0 Å². The maximum absolute atomic E-state index is 13.2. The Kier molecular flexibility index (Phi) is 5.59. The topological polar surface area (TPSA) is 124 Å². The maximum Gasteiger partial charge on any atom is 0.271 e. The predicted molar refractivity (Wildman–Crippen MR) is 102 cm³/mol. The second-order valence-corrected chi connectivity index (χ2v) is 6.15. The summed E-state index contributed by atoms with van der Waals surface area (Å²) in [5.41, 5.74) is 13.2. The van der Waals surface area contributed by atoms with Crippen LogP contribution in [0.3, 0.4) is 0 Å². The summed E-state index contributed by atoms with van der Waals surface area (Å²) >= 11 is 0. The van der Waals surface area contributed by atoms with Crippen LogP contribution in [0.15, 0.2) is 54.7 Å². The zero-order valence-electron chi connectivity index (χ0n) is 14.9. The van der Waals surface area contributed by atoms with Gasteiger partial charge >= 0.3 is 0 Å². The molecular formula is C20H18FN5O2. The van der Waals surface area contributed by atoms with Crippen molar-refractivity contribution in [2.45, 2.75) is 13.0 Å². The molecule has 28 heavy (non-hydrogen) atoms. The van der Waals surface area contributed by atoms with Gasteiger partial charge in [-0.15, -0.1) is 0 Å². The summed E-state index contributed by atoms with van der Waals surface area (Å²) in [7, 11) is 0. The van der Waals surface area contributed by atoms with Crippen LogP contribution in [0.25, 0.3) is 0 Å². The van der Waals surface area contributed by atoms with Gasteiger partial charge in [0.15, 0.2) is 11.5 Å². The minimum atomic E-state index is -0.752. The first-order valence-electron chi connectivity index (χ1n) is 8.45. The molecule has 0 unspecified atom stereocenters. The van der Waals surface area contributed by atoms with Crippen LogP contribution in [0.2, 0.25) is 0 Å². The van der Waals surface area contributed by atoms with Crippen molar-refractivity contribution in [1.82, 2.24) is 15.3 Å². The van der Waals surface area contributed by atoms with Gasteiger partial charge in [-0.25, -0.2) is 14.4 Å². The summed E-state index contributed by atoms with van der Waals surface area (Å²) in [5.74, 6) is -1.42. The highest BCUT2D eigenvalue weighted by atomic mass is 19.1. The monoisotopic (exact) mass is 379 g/mol. The number of carbonyl (C=O) groups is 2. The molecule has 5 N–H and O–H groups in total. The molecule has 8 heteroatoms. The largest absolute Gasteiger partial charge is 0.382 e. The lowest BCUT2D eigenvalue weighted by molar-refractivity contribution is 0.0949. The normalized spacial score (nSPS) is 10.5. The molecule has 142 valence electrons. The highest BCUT2D eigenvalue weighted by molar-refractivity contribution is 5.95. The number of rotatable bonds is 6. The van der Waals surface area contributed by atoms with Crippen molar-refractivity contribution in [2.24, 2.45) is 5.73 Å². The zero-order valence-corrected chi connectivity index (χ0v) is 14.9. The Bertz CT molecular complexity index is 1040. The number of anilines is 1. The zero-order chi connectivity index (χ0) is 20.1. The van der Waals surface area contributed by atoms with E-state index >= 15 is 0 Å². The first-order valence-corrected chi connectivity index (χ1v) is 8.45. The second kappa shape index (κ2) is 8.26. The summed E-state index contributed by atoms with van der Waals surface area (Å²) in [6.45, 7) is 0.215. The Morgan fingerprint density at radius 2 is 1.82 bits per heavy atom. The molecule has 0 saturated carbocycles. The smallest absolute Gasteiger partial charge is 0.271 e. The summed E-state index contributed by atoms with van der Waals surface area (Å²) in [5, 5.41) is 2.75. The average Bonchev–Trinajstić information content (AvgIpc) is 2.67. The van der Waals surface area contributed by atoms with Gasteiger partial charge in [-0.1, -0.05) is 24.3 Å². The summed E-state index contributed by atoms with van der Waals surface area (Å²) in [4.78, 5) is 31.8. The molecule has 0 spiro atoms. The average molecular weight is 379 g/mol. The van der Waals surface area contributed by atoms with Gasteiger partial charge in [0, 0.05) is 18.5 Å². The molecule has 0 radical (unpaired) electrons. The van der Waals surface area contributed by atoms with Crippen LogP contribution >= 0.6 is 0 Å². The fraction of sp³-hybridized carbons (Fsp3) is 0.100. The molecule has 1 aromatic heterocycles. The Morgan fingerprint density at radius 3 is 2.57 bits per heavy atom. The van der Waals surface area contributed by atoms with E-state index in [1.165, 1.54) is 18.3 Å². The molecule has 3 rings (SSSR count). The number of halogens is 1. The van der Waals surface area contributed by atoms with Crippen LogP contribution in [-0.2, 0) is 13.0 Å².